The van der Waals surface area contributed by atoms with E-state index in [4.69, 9.17) is 4.42 Å². The van der Waals surface area contributed by atoms with E-state index in [2.05, 4.69) is 17.2 Å². The van der Waals surface area contributed by atoms with Crippen molar-refractivity contribution < 1.29 is 9.21 Å². The summed E-state index contributed by atoms with van der Waals surface area (Å²) in [5.41, 5.74) is 1.03. The monoisotopic (exact) mass is 208 g/mol. The summed E-state index contributed by atoms with van der Waals surface area (Å²) < 4.78 is 4.92. The van der Waals surface area contributed by atoms with Crippen LogP contribution in [0.1, 0.15) is 12.5 Å². The zero-order valence-electron chi connectivity index (χ0n) is 8.82. The molecule has 1 rings (SSSR count). The molecule has 1 aromatic rings. The predicted molar refractivity (Wildman–Crippen MR) is 58.2 cm³/mol. The SMILES string of the molecule is C=CCNC(=O)C(C)NCc1ccoc1. The van der Waals surface area contributed by atoms with Crippen molar-refractivity contribution in [3.8, 4) is 0 Å². The lowest BCUT2D eigenvalue weighted by Gasteiger charge is -2.12. The van der Waals surface area contributed by atoms with E-state index in [-0.39, 0.29) is 11.9 Å². The summed E-state index contributed by atoms with van der Waals surface area (Å²) in [5.74, 6) is -0.0293. The zero-order chi connectivity index (χ0) is 11.1. The summed E-state index contributed by atoms with van der Waals surface area (Å²) in [6.45, 7) is 6.47. The molecule has 1 amide bonds. The number of hydrogen-bond acceptors (Lipinski definition) is 3. The molecular formula is C11H16N2O2. The molecule has 0 aromatic carbocycles. The van der Waals surface area contributed by atoms with Crippen molar-refractivity contribution in [2.75, 3.05) is 6.54 Å². The van der Waals surface area contributed by atoms with Gasteiger partial charge in [0.15, 0.2) is 0 Å². The van der Waals surface area contributed by atoms with Gasteiger partial charge in [-0.05, 0) is 13.0 Å². The summed E-state index contributed by atoms with van der Waals surface area (Å²) >= 11 is 0. The van der Waals surface area contributed by atoms with E-state index < -0.39 is 0 Å². The molecule has 0 saturated carbocycles. The van der Waals surface area contributed by atoms with Crippen molar-refractivity contribution >= 4 is 5.91 Å². The van der Waals surface area contributed by atoms with Crippen molar-refractivity contribution in [3.63, 3.8) is 0 Å². The van der Waals surface area contributed by atoms with Crippen LogP contribution >= 0.6 is 0 Å². The van der Waals surface area contributed by atoms with Crippen LogP contribution in [0.4, 0.5) is 0 Å². The molecule has 0 aliphatic carbocycles. The molecule has 15 heavy (non-hydrogen) atoms. The summed E-state index contributed by atoms with van der Waals surface area (Å²) in [7, 11) is 0. The van der Waals surface area contributed by atoms with Crippen molar-refractivity contribution in [2.24, 2.45) is 0 Å². The quantitative estimate of drug-likeness (QED) is 0.687. The maximum absolute atomic E-state index is 11.4. The van der Waals surface area contributed by atoms with Gasteiger partial charge in [0.2, 0.25) is 5.91 Å². The third-order valence-electron chi connectivity index (χ3n) is 2.01. The predicted octanol–water partition coefficient (Wildman–Crippen LogP) is 1.06. The largest absolute Gasteiger partial charge is 0.472 e. The number of nitrogens with one attached hydrogen (secondary N) is 2. The molecule has 4 nitrogen and oxygen atoms in total. The average Bonchev–Trinajstić information content (AvgIpc) is 2.75. The van der Waals surface area contributed by atoms with Crippen LogP contribution in [-0.4, -0.2) is 18.5 Å². The van der Waals surface area contributed by atoms with Gasteiger partial charge < -0.3 is 15.1 Å². The average molecular weight is 208 g/mol. The van der Waals surface area contributed by atoms with Gasteiger partial charge in [0.25, 0.3) is 0 Å². The lowest BCUT2D eigenvalue weighted by atomic mass is 10.2. The molecule has 1 aromatic heterocycles. The maximum atomic E-state index is 11.4. The fraction of sp³-hybridized carbons (Fsp3) is 0.364. The summed E-state index contributed by atoms with van der Waals surface area (Å²) in [4.78, 5) is 11.4. The van der Waals surface area contributed by atoms with Crippen LogP contribution in [0.5, 0.6) is 0 Å². The van der Waals surface area contributed by atoms with Crippen molar-refractivity contribution in [3.05, 3.63) is 36.8 Å². The van der Waals surface area contributed by atoms with E-state index in [1.54, 1.807) is 18.6 Å². The Labute approximate surface area is 89.4 Å². The van der Waals surface area contributed by atoms with Gasteiger partial charge in [0.05, 0.1) is 18.6 Å². The van der Waals surface area contributed by atoms with E-state index in [0.717, 1.165) is 5.56 Å². The highest BCUT2D eigenvalue weighted by molar-refractivity contribution is 5.81. The van der Waals surface area contributed by atoms with Crippen LogP contribution < -0.4 is 10.6 Å². The third kappa shape index (κ3) is 3.99. The van der Waals surface area contributed by atoms with Gasteiger partial charge in [0.1, 0.15) is 0 Å². The first-order valence-electron chi connectivity index (χ1n) is 4.87. The van der Waals surface area contributed by atoms with Crippen molar-refractivity contribution in [1.82, 2.24) is 10.6 Å². The van der Waals surface area contributed by atoms with Crippen LogP contribution in [0.3, 0.4) is 0 Å². The minimum Gasteiger partial charge on any atom is -0.472 e. The molecule has 0 radical (unpaired) electrons. The van der Waals surface area contributed by atoms with E-state index in [9.17, 15) is 4.79 Å². The number of carbonyl (C=O) groups is 1. The second-order valence-electron chi connectivity index (χ2n) is 3.27. The Kier molecular flexibility index (Phi) is 4.63. The summed E-state index contributed by atoms with van der Waals surface area (Å²) in [6.07, 6.45) is 4.92. The Balaban J connectivity index is 2.26. The highest BCUT2D eigenvalue weighted by atomic mass is 16.3. The molecule has 0 fully saturated rings. The highest BCUT2D eigenvalue weighted by Crippen LogP contribution is 1.99. The van der Waals surface area contributed by atoms with Crippen LogP contribution in [0.25, 0.3) is 0 Å². The molecule has 0 aliphatic heterocycles. The molecular weight excluding hydrogens is 192 g/mol. The highest BCUT2D eigenvalue weighted by Gasteiger charge is 2.10. The molecule has 4 heteroatoms. The van der Waals surface area contributed by atoms with E-state index in [1.165, 1.54) is 0 Å². The Morgan fingerprint density at radius 1 is 1.73 bits per heavy atom. The second-order valence-corrected chi connectivity index (χ2v) is 3.27. The van der Waals surface area contributed by atoms with Gasteiger partial charge in [-0.15, -0.1) is 6.58 Å². The smallest absolute Gasteiger partial charge is 0.237 e. The zero-order valence-corrected chi connectivity index (χ0v) is 8.82. The number of furan rings is 1. The Hall–Kier alpha value is -1.55. The summed E-state index contributed by atoms with van der Waals surface area (Å²) in [6, 6.07) is 1.64. The van der Waals surface area contributed by atoms with Crippen molar-refractivity contribution in [1.29, 1.82) is 0 Å². The normalized spacial score (nSPS) is 12.1. The minimum absolute atomic E-state index is 0.0293. The van der Waals surface area contributed by atoms with Crippen molar-refractivity contribution in [2.45, 2.75) is 19.5 Å². The van der Waals surface area contributed by atoms with Crippen LogP contribution in [0.2, 0.25) is 0 Å². The first kappa shape index (κ1) is 11.5. The molecule has 0 saturated heterocycles. The molecule has 1 heterocycles. The fourth-order valence-corrected chi connectivity index (χ4v) is 1.08. The molecule has 1 unspecified atom stereocenters. The molecule has 0 spiro atoms. The van der Waals surface area contributed by atoms with Gasteiger partial charge in [-0.3, -0.25) is 4.79 Å². The molecule has 2 N–H and O–H groups in total. The number of amides is 1. The first-order chi connectivity index (χ1) is 7.24. The maximum Gasteiger partial charge on any atom is 0.237 e. The van der Waals surface area contributed by atoms with Gasteiger partial charge in [-0.25, -0.2) is 0 Å². The topological polar surface area (TPSA) is 54.3 Å². The van der Waals surface area contributed by atoms with Gasteiger partial charge >= 0.3 is 0 Å². The number of rotatable bonds is 6. The molecule has 0 bridgehead atoms. The van der Waals surface area contributed by atoms with Crippen LogP contribution in [-0.2, 0) is 11.3 Å². The number of hydrogen-bond donors (Lipinski definition) is 2. The molecule has 0 aliphatic rings. The standard InChI is InChI=1S/C11H16N2O2/c1-3-5-12-11(14)9(2)13-7-10-4-6-15-8-10/h3-4,6,8-9,13H,1,5,7H2,2H3,(H,12,14). The van der Waals surface area contributed by atoms with E-state index in [0.29, 0.717) is 13.1 Å². The number of carbonyl (C=O) groups excluding carboxylic acids is 1. The first-order valence-corrected chi connectivity index (χ1v) is 4.87. The van der Waals surface area contributed by atoms with Crippen LogP contribution in [0, 0.1) is 0 Å². The Morgan fingerprint density at radius 2 is 2.53 bits per heavy atom. The Morgan fingerprint density at radius 3 is 3.13 bits per heavy atom. The third-order valence-corrected chi connectivity index (χ3v) is 2.01. The van der Waals surface area contributed by atoms with Crippen LogP contribution in [0.15, 0.2) is 35.7 Å². The Bertz CT molecular complexity index is 306. The fourth-order valence-electron chi connectivity index (χ4n) is 1.08. The van der Waals surface area contributed by atoms with E-state index in [1.807, 2.05) is 13.0 Å². The lowest BCUT2D eigenvalue weighted by Crippen LogP contribution is -2.41. The van der Waals surface area contributed by atoms with Gasteiger partial charge in [-0.1, -0.05) is 6.08 Å². The van der Waals surface area contributed by atoms with E-state index >= 15 is 0 Å². The molecule has 1 atom stereocenters. The van der Waals surface area contributed by atoms with Gasteiger partial charge in [-0.2, -0.15) is 0 Å². The summed E-state index contributed by atoms with van der Waals surface area (Å²) in [5, 5.41) is 5.81. The minimum atomic E-state index is -0.222. The van der Waals surface area contributed by atoms with Gasteiger partial charge in [0, 0.05) is 18.7 Å². The second kappa shape index (κ2) is 6.03. The lowest BCUT2D eigenvalue weighted by molar-refractivity contribution is -0.122. The molecule has 82 valence electrons.